The van der Waals surface area contributed by atoms with Crippen molar-refractivity contribution in [3.63, 3.8) is 0 Å². The Bertz CT molecular complexity index is 969. The average molecular weight is 439 g/mol. The Morgan fingerprint density at radius 2 is 1.59 bits per heavy atom. The Morgan fingerprint density at radius 1 is 0.906 bits per heavy atom. The van der Waals surface area contributed by atoms with Crippen LogP contribution < -0.4 is 19.1 Å². The smallest absolute Gasteiger partial charge is 0.228 e. The van der Waals surface area contributed by atoms with Crippen LogP contribution in [-0.4, -0.2) is 51.1 Å². The molecule has 0 aromatic heterocycles. The highest BCUT2D eigenvalue weighted by Gasteiger charge is 2.43. The summed E-state index contributed by atoms with van der Waals surface area (Å²) in [5, 5.41) is 0. The summed E-state index contributed by atoms with van der Waals surface area (Å²) in [6.07, 6.45) is 2.92. The van der Waals surface area contributed by atoms with E-state index in [4.69, 9.17) is 14.2 Å². The van der Waals surface area contributed by atoms with Gasteiger partial charge in [0.15, 0.2) is 11.5 Å². The van der Waals surface area contributed by atoms with Crippen LogP contribution in [0.25, 0.3) is 0 Å². The summed E-state index contributed by atoms with van der Waals surface area (Å²) in [5.41, 5.74) is 1.60. The van der Waals surface area contributed by atoms with Crippen LogP contribution in [0.15, 0.2) is 42.5 Å². The quantitative estimate of drug-likeness (QED) is 0.686. The minimum atomic E-state index is -0.433. The summed E-state index contributed by atoms with van der Waals surface area (Å²) in [6, 6.07) is 12.6. The molecule has 2 saturated heterocycles. The Kier molecular flexibility index (Phi) is 6.53. The van der Waals surface area contributed by atoms with Gasteiger partial charge in [0.1, 0.15) is 5.75 Å². The van der Waals surface area contributed by atoms with Crippen LogP contribution in [0.1, 0.15) is 37.3 Å². The van der Waals surface area contributed by atoms with E-state index in [2.05, 4.69) is 0 Å². The molecule has 0 bridgehead atoms. The zero-order chi connectivity index (χ0) is 22.7. The van der Waals surface area contributed by atoms with Gasteiger partial charge in [0.25, 0.3) is 0 Å². The molecule has 4 rings (SSSR count). The lowest BCUT2D eigenvalue weighted by Gasteiger charge is -2.42. The van der Waals surface area contributed by atoms with Crippen molar-refractivity contribution in [3.05, 3.63) is 48.0 Å². The summed E-state index contributed by atoms with van der Waals surface area (Å²) in [6.45, 7) is 1.56. The molecule has 7 nitrogen and oxygen atoms in total. The van der Waals surface area contributed by atoms with Gasteiger partial charge in [0.2, 0.25) is 11.8 Å². The Morgan fingerprint density at radius 3 is 2.22 bits per heavy atom. The second-order valence-electron chi connectivity index (χ2n) is 8.20. The first-order valence-corrected chi connectivity index (χ1v) is 11.0. The van der Waals surface area contributed by atoms with E-state index >= 15 is 0 Å². The van der Waals surface area contributed by atoms with Crippen LogP contribution in [0.5, 0.6) is 17.2 Å². The molecule has 2 aromatic rings. The number of piperidine rings is 1. The van der Waals surface area contributed by atoms with Gasteiger partial charge >= 0.3 is 0 Å². The third-order valence-corrected chi connectivity index (χ3v) is 6.43. The number of amides is 2. The van der Waals surface area contributed by atoms with Crippen molar-refractivity contribution < 1.29 is 23.8 Å². The second-order valence-corrected chi connectivity index (χ2v) is 8.20. The van der Waals surface area contributed by atoms with Gasteiger partial charge in [-0.3, -0.25) is 9.59 Å². The maximum Gasteiger partial charge on any atom is 0.228 e. The summed E-state index contributed by atoms with van der Waals surface area (Å²) >= 11 is 0. The van der Waals surface area contributed by atoms with Crippen LogP contribution in [0.4, 0.5) is 5.69 Å². The molecule has 2 heterocycles. The summed E-state index contributed by atoms with van der Waals surface area (Å²) in [5.74, 6) is 1.69. The first-order chi connectivity index (χ1) is 15.6. The normalized spacial score (nSPS) is 20.9. The first-order valence-electron chi connectivity index (χ1n) is 11.0. The van der Waals surface area contributed by atoms with E-state index in [1.807, 2.05) is 47.4 Å². The molecular weight excluding hydrogens is 408 g/mol. The van der Waals surface area contributed by atoms with E-state index in [1.54, 1.807) is 26.2 Å². The van der Waals surface area contributed by atoms with Gasteiger partial charge in [0.05, 0.1) is 33.3 Å². The van der Waals surface area contributed by atoms with Crippen LogP contribution in [-0.2, 0) is 9.59 Å². The SMILES string of the molecule is COc1ccc(N2C(=O)CC[C@H](C(=O)N3CCCC3)[C@H]2c2ccc(OC)c(OC)c2)cc1. The monoisotopic (exact) mass is 438 g/mol. The molecule has 0 unspecified atom stereocenters. The van der Waals surface area contributed by atoms with Crippen molar-refractivity contribution in [3.8, 4) is 17.2 Å². The first kappa shape index (κ1) is 22.0. The van der Waals surface area contributed by atoms with Crippen molar-refractivity contribution in [1.82, 2.24) is 4.90 Å². The predicted octanol–water partition coefficient (Wildman–Crippen LogP) is 3.82. The molecule has 2 aliphatic heterocycles. The molecule has 32 heavy (non-hydrogen) atoms. The van der Waals surface area contributed by atoms with Crippen molar-refractivity contribution in [2.75, 3.05) is 39.3 Å². The number of hydrogen-bond donors (Lipinski definition) is 0. The number of methoxy groups -OCH3 is 3. The topological polar surface area (TPSA) is 68.3 Å². The van der Waals surface area contributed by atoms with Crippen LogP contribution in [0.2, 0.25) is 0 Å². The number of carbonyl (C=O) groups is 2. The number of nitrogens with zero attached hydrogens (tertiary/aromatic N) is 2. The van der Waals surface area contributed by atoms with Crippen LogP contribution in [0.3, 0.4) is 0 Å². The molecule has 0 radical (unpaired) electrons. The van der Waals surface area contributed by atoms with Crippen LogP contribution in [0, 0.1) is 5.92 Å². The lowest BCUT2D eigenvalue weighted by atomic mass is 9.82. The van der Waals surface area contributed by atoms with Gasteiger partial charge in [-0.15, -0.1) is 0 Å². The van der Waals surface area contributed by atoms with Crippen molar-refractivity contribution in [2.24, 2.45) is 5.92 Å². The van der Waals surface area contributed by atoms with Gasteiger partial charge in [-0.05, 0) is 61.2 Å². The maximum atomic E-state index is 13.6. The molecule has 0 aliphatic carbocycles. The highest BCUT2D eigenvalue weighted by molar-refractivity contribution is 5.97. The summed E-state index contributed by atoms with van der Waals surface area (Å²) in [4.78, 5) is 30.5. The lowest BCUT2D eigenvalue weighted by Crippen LogP contribution is -2.48. The fraction of sp³-hybridized carbons (Fsp3) is 0.440. The number of ether oxygens (including phenoxy) is 3. The fourth-order valence-electron chi connectivity index (χ4n) is 4.79. The third kappa shape index (κ3) is 4.11. The van der Waals surface area contributed by atoms with Gasteiger partial charge in [-0.2, -0.15) is 0 Å². The van der Waals surface area contributed by atoms with Gasteiger partial charge < -0.3 is 24.0 Å². The number of rotatable bonds is 6. The molecule has 2 atom stereocenters. The zero-order valence-corrected chi connectivity index (χ0v) is 18.9. The molecule has 2 aliphatic rings. The van der Waals surface area contributed by atoms with Crippen molar-refractivity contribution in [1.29, 1.82) is 0 Å². The minimum Gasteiger partial charge on any atom is -0.497 e. The highest BCUT2D eigenvalue weighted by Crippen LogP contribution is 2.43. The number of anilines is 1. The Hall–Kier alpha value is -3.22. The number of benzene rings is 2. The highest BCUT2D eigenvalue weighted by atomic mass is 16.5. The standard InChI is InChI=1S/C25H30N2O5/c1-30-19-9-7-18(8-10-19)27-23(28)13-11-20(25(29)26-14-4-5-15-26)24(27)17-6-12-21(31-2)22(16-17)32-3/h6-10,12,16,20,24H,4-5,11,13-15H2,1-3H3/t20-,24+/m0/s1. The second kappa shape index (κ2) is 9.51. The number of likely N-dealkylation sites (tertiary alicyclic amines) is 1. The van der Waals surface area contributed by atoms with Crippen molar-refractivity contribution >= 4 is 17.5 Å². The van der Waals surface area contributed by atoms with Gasteiger partial charge in [-0.25, -0.2) is 0 Å². The Balaban J connectivity index is 1.80. The number of carbonyl (C=O) groups excluding carboxylic acids is 2. The molecular formula is C25H30N2O5. The molecule has 170 valence electrons. The largest absolute Gasteiger partial charge is 0.497 e. The fourth-order valence-corrected chi connectivity index (χ4v) is 4.79. The van der Waals surface area contributed by atoms with Gasteiger partial charge in [-0.1, -0.05) is 6.07 Å². The number of hydrogen-bond acceptors (Lipinski definition) is 5. The lowest BCUT2D eigenvalue weighted by molar-refractivity contribution is -0.137. The zero-order valence-electron chi connectivity index (χ0n) is 18.9. The average Bonchev–Trinajstić information content (AvgIpc) is 3.38. The molecule has 0 saturated carbocycles. The van der Waals surface area contributed by atoms with Crippen LogP contribution >= 0.6 is 0 Å². The van der Waals surface area contributed by atoms with E-state index in [9.17, 15) is 9.59 Å². The molecule has 0 N–H and O–H groups in total. The maximum absolute atomic E-state index is 13.6. The summed E-state index contributed by atoms with van der Waals surface area (Å²) in [7, 11) is 4.78. The van der Waals surface area contributed by atoms with E-state index in [1.165, 1.54) is 0 Å². The molecule has 7 heteroatoms. The van der Waals surface area contributed by atoms with Gasteiger partial charge in [0, 0.05) is 25.2 Å². The van der Waals surface area contributed by atoms with Crippen molar-refractivity contribution in [2.45, 2.75) is 31.7 Å². The Labute approximate surface area is 188 Å². The molecule has 2 aromatic carbocycles. The van der Waals surface area contributed by atoms with E-state index in [-0.39, 0.29) is 17.7 Å². The molecule has 0 spiro atoms. The van der Waals surface area contributed by atoms with E-state index in [0.717, 1.165) is 37.2 Å². The molecule has 2 fully saturated rings. The van der Waals surface area contributed by atoms with E-state index < -0.39 is 6.04 Å². The predicted molar refractivity (Wildman–Crippen MR) is 121 cm³/mol. The van der Waals surface area contributed by atoms with E-state index in [0.29, 0.717) is 30.1 Å². The third-order valence-electron chi connectivity index (χ3n) is 6.43. The summed E-state index contributed by atoms with van der Waals surface area (Å²) < 4.78 is 16.2. The minimum absolute atomic E-state index is 0.000392. The molecule has 2 amide bonds.